The summed E-state index contributed by atoms with van der Waals surface area (Å²) in [4.78, 5) is 26.6. The molecule has 0 fully saturated rings. The highest BCUT2D eigenvalue weighted by atomic mass is 32.1. The van der Waals surface area contributed by atoms with E-state index in [2.05, 4.69) is 10.3 Å². The highest BCUT2D eigenvalue weighted by Crippen LogP contribution is 2.11. The van der Waals surface area contributed by atoms with Crippen LogP contribution < -0.4 is 11.1 Å². The second kappa shape index (κ2) is 4.19. The number of thiazole rings is 1. The van der Waals surface area contributed by atoms with Gasteiger partial charge in [0.25, 0.3) is 5.91 Å². The summed E-state index contributed by atoms with van der Waals surface area (Å²) in [6, 6.07) is -0.663. The van der Waals surface area contributed by atoms with Gasteiger partial charge in [-0.1, -0.05) is 0 Å². The highest BCUT2D eigenvalue weighted by Gasteiger charge is 2.16. The topological polar surface area (TPSA) is 85.1 Å². The molecule has 1 rings (SSSR count). The summed E-state index contributed by atoms with van der Waals surface area (Å²) in [5, 5.41) is 2.48. The van der Waals surface area contributed by atoms with Gasteiger partial charge < -0.3 is 11.1 Å². The molecule has 2 amide bonds. The molecule has 0 aliphatic heterocycles. The van der Waals surface area contributed by atoms with Crippen LogP contribution >= 0.6 is 11.3 Å². The zero-order valence-electron chi connectivity index (χ0n) is 7.90. The standard InChI is InChI=1S/C8H11N3O2S/c1-4-6(14-3-10-4)8(13)11-5(2)7(9)12/h3,5H,1-2H3,(H2,9,12)(H,11,13)/t5-/m0/s1. The molecular weight excluding hydrogens is 202 g/mol. The Morgan fingerprint density at radius 2 is 2.29 bits per heavy atom. The minimum absolute atomic E-state index is 0.309. The fourth-order valence-electron chi connectivity index (χ4n) is 0.853. The van der Waals surface area contributed by atoms with Crippen LogP contribution in [-0.2, 0) is 4.79 Å². The van der Waals surface area contributed by atoms with Crippen LogP contribution in [-0.4, -0.2) is 22.8 Å². The quantitative estimate of drug-likeness (QED) is 0.744. The second-order valence-corrected chi connectivity index (χ2v) is 3.72. The van der Waals surface area contributed by atoms with E-state index in [9.17, 15) is 9.59 Å². The van der Waals surface area contributed by atoms with Crippen molar-refractivity contribution in [3.8, 4) is 0 Å². The lowest BCUT2D eigenvalue weighted by atomic mass is 10.3. The monoisotopic (exact) mass is 213 g/mol. The first-order valence-electron chi connectivity index (χ1n) is 4.02. The Kier molecular flexibility index (Phi) is 3.19. The summed E-state index contributed by atoms with van der Waals surface area (Å²) >= 11 is 1.24. The number of aromatic nitrogens is 1. The molecule has 0 aliphatic rings. The van der Waals surface area contributed by atoms with Crippen LogP contribution in [0.1, 0.15) is 22.3 Å². The molecule has 5 nitrogen and oxygen atoms in total. The number of nitrogens with one attached hydrogen (secondary N) is 1. The Hall–Kier alpha value is -1.43. The van der Waals surface area contributed by atoms with E-state index in [1.165, 1.54) is 18.3 Å². The summed E-state index contributed by atoms with van der Waals surface area (Å²) in [6.07, 6.45) is 0. The zero-order chi connectivity index (χ0) is 10.7. The minimum Gasteiger partial charge on any atom is -0.368 e. The molecular formula is C8H11N3O2S. The third-order valence-electron chi connectivity index (χ3n) is 1.73. The van der Waals surface area contributed by atoms with E-state index in [1.54, 1.807) is 12.4 Å². The third-order valence-corrected chi connectivity index (χ3v) is 2.65. The maximum absolute atomic E-state index is 11.5. The number of aryl methyl sites for hydroxylation is 1. The molecule has 1 heterocycles. The van der Waals surface area contributed by atoms with Crippen LogP contribution in [0.5, 0.6) is 0 Å². The molecule has 0 bridgehead atoms. The summed E-state index contributed by atoms with van der Waals surface area (Å²) in [5.74, 6) is -0.864. The van der Waals surface area contributed by atoms with Crippen molar-refractivity contribution in [1.82, 2.24) is 10.3 Å². The lowest BCUT2D eigenvalue weighted by molar-refractivity contribution is -0.119. The van der Waals surface area contributed by atoms with E-state index < -0.39 is 11.9 Å². The maximum atomic E-state index is 11.5. The van der Waals surface area contributed by atoms with E-state index in [-0.39, 0.29) is 5.91 Å². The Labute approximate surface area is 85.3 Å². The molecule has 0 saturated carbocycles. The van der Waals surface area contributed by atoms with Gasteiger partial charge in [0, 0.05) is 0 Å². The van der Waals surface area contributed by atoms with Crippen molar-refractivity contribution >= 4 is 23.2 Å². The Morgan fingerprint density at radius 1 is 1.64 bits per heavy atom. The van der Waals surface area contributed by atoms with E-state index >= 15 is 0 Å². The van der Waals surface area contributed by atoms with Gasteiger partial charge in [0.15, 0.2) is 0 Å². The average Bonchev–Trinajstić information content (AvgIpc) is 2.51. The number of carbonyl (C=O) groups excluding carboxylic acids is 2. The van der Waals surface area contributed by atoms with Crippen molar-refractivity contribution in [3.63, 3.8) is 0 Å². The first-order chi connectivity index (χ1) is 6.52. The van der Waals surface area contributed by atoms with Crippen molar-refractivity contribution in [2.45, 2.75) is 19.9 Å². The fourth-order valence-corrected chi connectivity index (χ4v) is 1.56. The van der Waals surface area contributed by atoms with Crippen LogP contribution in [0.25, 0.3) is 0 Å². The van der Waals surface area contributed by atoms with Crippen molar-refractivity contribution < 1.29 is 9.59 Å². The van der Waals surface area contributed by atoms with Gasteiger partial charge in [-0.25, -0.2) is 4.98 Å². The lowest BCUT2D eigenvalue weighted by Gasteiger charge is -2.08. The molecule has 0 aromatic carbocycles. The first-order valence-corrected chi connectivity index (χ1v) is 4.90. The number of rotatable bonds is 3. The number of hydrogen-bond acceptors (Lipinski definition) is 4. The smallest absolute Gasteiger partial charge is 0.263 e. The second-order valence-electron chi connectivity index (χ2n) is 2.86. The van der Waals surface area contributed by atoms with Gasteiger partial charge in [-0.2, -0.15) is 0 Å². The van der Waals surface area contributed by atoms with Gasteiger partial charge >= 0.3 is 0 Å². The van der Waals surface area contributed by atoms with Gasteiger partial charge in [0.05, 0.1) is 11.2 Å². The predicted octanol–water partition coefficient (Wildman–Crippen LogP) is 0.0551. The van der Waals surface area contributed by atoms with Crippen LogP contribution in [0.4, 0.5) is 0 Å². The summed E-state index contributed by atoms with van der Waals surface area (Å²) < 4.78 is 0. The summed E-state index contributed by atoms with van der Waals surface area (Å²) in [5.41, 5.74) is 7.25. The number of amides is 2. The minimum atomic E-state index is -0.663. The van der Waals surface area contributed by atoms with Crippen LogP contribution in [0.3, 0.4) is 0 Å². The molecule has 0 saturated heterocycles. The molecule has 0 spiro atoms. The van der Waals surface area contributed by atoms with Crippen LogP contribution in [0, 0.1) is 6.92 Å². The SMILES string of the molecule is Cc1ncsc1C(=O)N[C@@H](C)C(N)=O. The van der Waals surface area contributed by atoms with Crippen molar-refractivity contribution in [1.29, 1.82) is 0 Å². The number of nitrogens with zero attached hydrogens (tertiary/aromatic N) is 1. The van der Waals surface area contributed by atoms with Crippen molar-refractivity contribution in [3.05, 3.63) is 16.1 Å². The average molecular weight is 213 g/mol. The van der Waals surface area contributed by atoms with Gasteiger partial charge in [0.1, 0.15) is 10.9 Å². The van der Waals surface area contributed by atoms with Gasteiger partial charge in [-0.05, 0) is 13.8 Å². The molecule has 0 unspecified atom stereocenters. The molecule has 3 N–H and O–H groups in total. The predicted molar refractivity (Wildman–Crippen MR) is 53.0 cm³/mol. The number of hydrogen-bond donors (Lipinski definition) is 2. The van der Waals surface area contributed by atoms with E-state index in [0.29, 0.717) is 10.6 Å². The molecule has 1 aromatic rings. The van der Waals surface area contributed by atoms with E-state index in [1.807, 2.05) is 0 Å². The first kappa shape index (κ1) is 10.6. The molecule has 1 aromatic heterocycles. The number of carbonyl (C=O) groups is 2. The molecule has 1 atom stereocenters. The molecule has 6 heteroatoms. The third kappa shape index (κ3) is 2.29. The Morgan fingerprint density at radius 3 is 2.71 bits per heavy atom. The van der Waals surface area contributed by atoms with Crippen molar-refractivity contribution in [2.24, 2.45) is 5.73 Å². The number of nitrogens with two attached hydrogens (primary N) is 1. The molecule has 76 valence electrons. The fraction of sp³-hybridized carbons (Fsp3) is 0.375. The lowest BCUT2D eigenvalue weighted by Crippen LogP contribution is -2.42. The van der Waals surface area contributed by atoms with Gasteiger partial charge in [-0.3, -0.25) is 9.59 Å². The van der Waals surface area contributed by atoms with Gasteiger partial charge in [0.2, 0.25) is 5.91 Å². The normalized spacial score (nSPS) is 12.1. The largest absolute Gasteiger partial charge is 0.368 e. The Balaban J connectivity index is 2.69. The number of primary amides is 1. The summed E-state index contributed by atoms with van der Waals surface area (Å²) in [6.45, 7) is 3.27. The molecule has 0 aliphatic carbocycles. The van der Waals surface area contributed by atoms with E-state index in [4.69, 9.17) is 5.73 Å². The Bertz CT molecular complexity index is 361. The molecule has 14 heavy (non-hydrogen) atoms. The zero-order valence-corrected chi connectivity index (χ0v) is 8.72. The summed E-state index contributed by atoms with van der Waals surface area (Å²) in [7, 11) is 0. The van der Waals surface area contributed by atoms with Crippen LogP contribution in [0.2, 0.25) is 0 Å². The van der Waals surface area contributed by atoms with E-state index in [0.717, 1.165) is 0 Å². The molecule has 0 radical (unpaired) electrons. The highest BCUT2D eigenvalue weighted by molar-refractivity contribution is 7.11. The maximum Gasteiger partial charge on any atom is 0.263 e. The van der Waals surface area contributed by atoms with Crippen molar-refractivity contribution in [2.75, 3.05) is 0 Å². The van der Waals surface area contributed by atoms with Gasteiger partial charge in [-0.15, -0.1) is 11.3 Å². The van der Waals surface area contributed by atoms with Crippen LogP contribution in [0.15, 0.2) is 5.51 Å².